The van der Waals surface area contributed by atoms with Crippen molar-refractivity contribution in [2.45, 2.75) is 44.6 Å². The van der Waals surface area contributed by atoms with Crippen LogP contribution in [0.3, 0.4) is 0 Å². The Morgan fingerprint density at radius 1 is 1.44 bits per heavy atom. The second-order valence-corrected chi connectivity index (χ2v) is 5.89. The Morgan fingerprint density at radius 2 is 2.11 bits per heavy atom. The molecule has 0 bridgehead atoms. The van der Waals surface area contributed by atoms with Gasteiger partial charge in [-0.05, 0) is 43.0 Å². The van der Waals surface area contributed by atoms with E-state index in [0.29, 0.717) is 0 Å². The van der Waals surface area contributed by atoms with Crippen molar-refractivity contribution in [3.63, 3.8) is 0 Å². The Hall–Kier alpha value is -0.870. The summed E-state index contributed by atoms with van der Waals surface area (Å²) >= 11 is 3.44. The molecule has 1 saturated carbocycles. The average molecular weight is 311 g/mol. The van der Waals surface area contributed by atoms with Gasteiger partial charge in [-0.1, -0.05) is 35.7 Å². The Balaban J connectivity index is 2.16. The maximum atomic E-state index is 12.2. The summed E-state index contributed by atoms with van der Waals surface area (Å²) in [6.07, 6.45) is 4.55. The Labute approximate surface area is 116 Å². The number of halogens is 1. The van der Waals surface area contributed by atoms with E-state index in [1.807, 2.05) is 18.2 Å². The van der Waals surface area contributed by atoms with Crippen LogP contribution in [0.5, 0.6) is 0 Å². The molecular formula is C14H19BrN2O. The standard InChI is InChI=1S/C14H19BrN2O/c1-2-10-9-11(15)5-6-12(10)17-13(18)14(16)7-3-4-8-14/h5-6,9H,2-4,7-8,16H2,1H3,(H,17,18). The van der Waals surface area contributed by atoms with Gasteiger partial charge in [0.25, 0.3) is 0 Å². The van der Waals surface area contributed by atoms with E-state index in [1.165, 1.54) is 0 Å². The molecule has 0 spiro atoms. The number of benzene rings is 1. The van der Waals surface area contributed by atoms with E-state index in [-0.39, 0.29) is 5.91 Å². The fraction of sp³-hybridized carbons (Fsp3) is 0.500. The average Bonchev–Trinajstić information content (AvgIpc) is 2.79. The summed E-state index contributed by atoms with van der Waals surface area (Å²) in [6.45, 7) is 2.07. The first-order valence-electron chi connectivity index (χ1n) is 6.44. The molecule has 0 saturated heterocycles. The van der Waals surface area contributed by atoms with Gasteiger partial charge < -0.3 is 11.1 Å². The van der Waals surface area contributed by atoms with E-state index in [4.69, 9.17) is 5.73 Å². The molecule has 98 valence electrons. The fourth-order valence-corrected chi connectivity index (χ4v) is 2.86. The number of carbonyl (C=O) groups is 1. The van der Waals surface area contributed by atoms with E-state index >= 15 is 0 Å². The van der Waals surface area contributed by atoms with Crippen LogP contribution in [0.2, 0.25) is 0 Å². The molecule has 1 aromatic carbocycles. The lowest BCUT2D eigenvalue weighted by atomic mass is 9.97. The molecule has 1 amide bonds. The predicted molar refractivity (Wildman–Crippen MR) is 77.5 cm³/mol. The van der Waals surface area contributed by atoms with Crippen LogP contribution in [0.15, 0.2) is 22.7 Å². The molecule has 1 fully saturated rings. The zero-order chi connectivity index (χ0) is 13.2. The molecule has 1 aliphatic carbocycles. The van der Waals surface area contributed by atoms with E-state index in [0.717, 1.165) is 47.8 Å². The molecule has 0 heterocycles. The van der Waals surface area contributed by atoms with Crippen molar-refractivity contribution in [2.24, 2.45) is 5.73 Å². The van der Waals surface area contributed by atoms with Crippen molar-refractivity contribution in [1.82, 2.24) is 0 Å². The zero-order valence-corrected chi connectivity index (χ0v) is 12.2. The number of rotatable bonds is 3. The van der Waals surface area contributed by atoms with E-state index in [9.17, 15) is 4.79 Å². The van der Waals surface area contributed by atoms with E-state index in [2.05, 4.69) is 28.2 Å². The van der Waals surface area contributed by atoms with Crippen LogP contribution in [0, 0.1) is 0 Å². The van der Waals surface area contributed by atoms with Crippen molar-refractivity contribution in [3.05, 3.63) is 28.2 Å². The molecular weight excluding hydrogens is 292 g/mol. The lowest BCUT2D eigenvalue weighted by Crippen LogP contribution is -2.48. The SMILES string of the molecule is CCc1cc(Br)ccc1NC(=O)C1(N)CCCC1. The molecule has 3 nitrogen and oxygen atoms in total. The fourth-order valence-electron chi connectivity index (χ4n) is 2.46. The van der Waals surface area contributed by atoms with Crippen molar-refractivity contribution in [2.75, 3.05) is 5.32 Å². The maximum Gasteiger partial charge on any atom is 0.244 e. The zero-order valence-electron chi connectivity index (χ0n) is 10.6. The molecule has 4 heteroatoms. The first-order valence-corrected chi connectivity index (χ1v) is 7.23. The number of hydrogen-bond acceptors (Lipinski definition) is 2. The largest absolute Gasteiger partial charge is 0.324 e. The van der Waals surface area contributed by atoms with Crippen LogP contribution < -0.4 is 11.1 Å². The van der Waals surface area contributed by atoms with Gasteiger partial charge in [0.2, 0.25) is 5.91 Å². The van der Waals surface area contributed by atoms with Gasteiger partial charge in [-0.3, -0.25) is 4.79 Å². The van der Waals surface area contributed by atoms with Gasteiger partial charge in [-0.2, -0.15) is 0 Å². The molecule has 18 heavy (non-hydrogen) atoms. The van der Waals surface area contributed by atoms with Crippen molar-refractivity contribution in [3.8, 4) is 0 Å². The minimum atomic E-state index is -0.669. The van der Waals surface area contributed by atoms with Gasteiger partial charge >= 0.3 is 0 Å². The van der Waals surface area contributed by atoms with Crippen molar-refractivity contribution < 1.29 is 4.79 Å². The molecule has 0 aromatic heterocycles. The quantitative estimate of drug-likeness (QED) is 0.900. The monoisotopic (exact) mass is 310 g/mol. The predicted octanol–water partition coefficient (Wildman–Crippen LogP) is 3.22. The van der Waals surface area contributed by atoms with E-state index in [1.54, 1.807) is 0 Å². The van der Waals surface area contributed by atoms with Gasteiger partial charge in [0.15, 0.2) is 0 Å². The molecule has 3 N–H and O–H groups in total. The topological polar surface area (TPSA) is 55.1 Å². The number of aryl methyl sites for hydroxylation is 1. The summed E-state index contributed by atoms with van der Waals surface area (Å²) in [5.74, 6) is -0.0444. The van der Waals surface area contributed by atoms with Gasteiger partial charge in [0.05, 0.1) is 5.54 Å². The van der Waals surface area contributed by atoms with E-state index < -0.39 is 5.54 Å². The number of amides is 1. The first-order chi connectivity index (χ1) is 8.55. The molecule has 1 aliphatic rings. The Morgan fingerprint density at radius 3 is 2.72 bits per heavy atom. The van der Waals surface area contributed by atoms with Gasteiger partial charge in [-0.25, -0.2) is 0 Å². The minimum absolute atomic E-state index is 0.0444. The number of carbonyl (C=O) groups excluding carboxylic acids is 1. The van der Waals surface area contributed by atoms with Crippen LogP contribution in [0.25, 0.3) is 0 Å². The molecule has 0 atom stereocenters. The summed E-state index contributed by atoms with van der Waals surface area (Å²) < 4.78 is 1.03. The Bertz CT molecular complexity index is 453. The number of nitrogens with one attached hydrogen (secondary N) is 1. The van der Waals surface area contributed by atoms with Gasteiger partial charge in [0.1, 0.15) is 0 Å². The summed E-state index contributed by atoms with van der Waals surface area (Å²) in [5, 5.41) is 2.99. The third kappa shape index (κ3) is 2.75. The first kappa shape index (κ1) is 13.6. The lowest BCUT2D eigenvalue weighted by molar-refractivity contribution is -0.121. The normalized spacial score (nSPS) is 17.7. The number of anilines is 1. The highest BCUT2D eigenvalue weighted by molar-refractivity contribution is 9.10. The molecule has 0 radical (unpaired) electrons. The summed E-state index contributed by atoms with van der Waals surface area (Å²) in [6, 6.07) is 5.90. The Kier molecular flexibility index (Phi) is 4.07. The van der Waals surface area contributed by atoms with Crippen LogP contribution in [0.1, 0.15) is 38.2 Å². The van der Waals surface area contributed by atoms with Gasteiger partial charge in [0, 0.05) is 10.2 Å². The van der Waals surface area contributed by atoms with Crippen LogP contribution >= 0.6 is 15.9 Å². The molecule has 0 aliphatic heterocycles. The maximum absolute atomic E-state index is 12.2. The summed E-state index contributed by atoms with van der Waals surface area (Å²) in [5.41, 5.74) is 7.48. The second-order valence-electron chi connectivity index (χ2n) is 4.97. The number of nitrogens with two attached hydrogens (primary N) is 1. The second kappa shape index (κ2) is 5.41. The third-order valence-corrected chi connectivity index (χ3v) is 4.14. The number of hydrogen-bond donors (Lipinski definition) is 2. The smallest absolute Gasteiger partial charge is 0.244 e. The van der Waals surface area contributed by atoms with Crippen LogP contribution in [-0.2, 0) is 11.2 Å². The highest BCUT2D eigenvalue weighted by Gasteiger charge is 2.37. The summed E-state index contributed by atoms with van der Waals surface area (Å²) in [7, 11) is 0. The van der Waals surface area contributed by atoms with Crippen LogP contribution in [0.4, 0.5) is 5.69 Å². The van der Waals surface area contributed by atoms with Crippen molar-refractivity contribution in [1.29, 1.82) is 0 Å². The highest BCUT2D eigenvalue weighted by Crippen LogP contribution is 2.29. The highest BCUT2D eigenvalue weighted by atomic mass is 79.9. The third-order valence-electron chi connectivity index (χ3n) is 3.64. The molecule has 0 unspecified atom stereocenters. The molecule has 2 rings (SSSR count). The van der Waals surface area contributed by atoms with Crippen LogP contribution in [-0.4, -0.2) is 11.4 Å². The van der Waals surface area contributed by atoms with Gasteiger partial charge in [-0.15, -0.1) is 0 Å². The van der Waals surface area contributed by atoms with Crippen molar-refractivity contribution >= 4 is 27.5 Å². The summed E-state index contributed by atoms with van der Waals surface area (Å²) in [4.78, 5) is 12.2. The lowest BCUT2D eigenvalue weighted by Gasteiger charge is -2.23. The minimum Gasteiger partial charge on any atom is -0.324 e. The molecule has 1 aromatic rings.